The van der Waals surface area contributed by atoms with Crippen LogP contribution in [0.4, 0.5) is 10.1 Å². The molecule has 2 aromatic rings. The summed E-state index contributed by atoms with van der Waals surface area (Å²) >= 11 is 0. The summed E-state index contributed by atoms with van der Waals surface area (Å²) in [5.74, 6) is 0.223. The standard InChI is InChI=1S/C15H15FN4O/c1-9-5-6-17-15(19-9)12-7-13(12)20(10(2)21)11-3-4-14(16)18-8-11/h3-6,8,12-13H,7H2,1-2H3. The molecule has 0 radical (unpaired) electrons. The predicted octanol–water partition coefficient (Wildman–Crippen LogP) is 2.23. The van der Waals surface area contributed by atoms with Gasteiger partial charge in [-0.1, -0.05) is 0 Å². The quantitative estimate of drug-likeness (QED) is 0.812. The normalized spacial score (nSPS) is 20.1. The Morgan fingerprint density at radius 2 is 2.14 bits per heavy atom. The molecule has 21 heavy (non-hydrogen) atoms. The molecule has 2 atom stereocenters. The van der Waals surface area contributed by atoms with Gasteiger partial charge in [0.1, 0.15) is 5.82 Å². The molecule has 2 aromatic heterocycles. The molecule has 1 aliphatic carbocycles. The van der Waals surface area contributed by atoms with Gasteiger partial charge in [0.2, 0.25) is 11.9 Å². The second-order valence-electron chi connectivity index (χ2n) is 5.19. The molecule has 0 aromatic carbocycles. The monoisotopic (exact) mass is 286 g/mol. The van der Waals surface area contributed by atoms with Crippen LogP contribution in [0.15, 0.2) is 30.6 Å². The number of carbonyl (C=O) groups excluding carboxylic acids is 1. The van der Waals surface area contributed by atoms with Crippen molar-refractivity contribution in [2.75, 3.05) is 4.90 Å². The molecule has 0 aliphatic heterocycles. The fraction of sp³-hybridized carbons (Fsp3) is 0.333. The highest BCUT2D eigenvalue weighted by Crippen LogP contribution is 2.44. The zero-order valence-electron chi connectivity index (χ0n) is 11.8. The number of aromatic nitrogens is 3. The lowest BCUT2D eigenvalue weighted by atomic mass is 10.3. The van der Waals surface area contributed by atoms with Gasteiger partial charge in [0.25, 0.3) is 0 Å². The molecular weight excluding hydrogens is 271 g/mol. The third-order valence-corrected chi connectivity index (χ3v) is 3.56. The van der Waals surface area contributed by atoms with Gasteiger partial charge in [0, 0.05) is 30.8 Å². The van der Waals surface area contributed by atoms with Crippen LogP contribution in [0.5, 0.6) is 0 Å². The van der Waals surface area contributed by atoms with Gasteiger partial charge in [-0.05, 0) is 31.5 Å². The number of rotatable bonds is 3. The molecule has 0 N–H and O–H groups in total. The third kappa shape index (κ3) is 2.74. The molecule has 1 saturated carbocycles. The fourth-order valence-corrected chi connectivity index (χ4v) is 2.51. The van der Waals surface area contributed by atoms with Gasteiger partial charge in [0.15, 0.2) is 0 Å². The largest absolute Gasteiger partial charge is 0.307 e. The van der Waals surface area contributed by atoms with Crippen LogP contribution >= 0.6 is 0 Å². The van der Waals surface area contributed by atoms with E-state index in [0.717, 1.165) is 17.9 Å². The fourth-order valence-electron chi connectivity index (χ4n) is 2.51. The van der Waals surface area contributed by atoms with Gasteiger partial charge in [0.05, 0.1) is 11.9 Å². The summed E-state index contributed by atoms with van der Waals surface area (Å²) in [5.41, 5.74) is 1.51. The summed E-state index contributed by atoms with van der Waals surface area (Å²) in [6, 6.07) is 4.67. The SMILES string of the molecule is CC(=O)N(c1ccc(F)nc1)C1CC1c1nccc(C)n1. The number of amides is 1. The van der Waals surface area contributed by atoms with E-state index >= 15 is 0 Å². The molecule has 0 saturated heterocycles. The molecular formula is C15H15FN4O. The maximum Gasteiger partial charge on any atom is 0.224 e. The van der Waals surface area contributed by atoms with Crippen molar-refractivity contribution in [1.82, 2.24) is 15.0 Å². The van der Waals surface area contributed by atoms with Gasteiger partial charge in [-0.3, -0.25) is 4.79 Å². The Kier molecular flexibility index (Phi) is 3.37. The first-order chi connectivity index (χ1) is 10.1. The minimum absolute atomic E-state index is 0.0107. The van der Waals surface area contributed by atoms with Gasteiger partial charge in [-0.25, -0.2) is 15.0 Å². The summed E-state index contributed by atoms with van der Waals surface area (Å²) in [6.45, 7) is 3.41. The van der Waals surface area contributed by atoms with Gasteiger partial charge in [-0.2, -0.15) is 4.39 Å². The number of hydrogen-bond acceptors (Lipinski definition) is 4. The zero-order chi connectivity index (χ0) is 15.0. The van der Waals surface area contributed by atoms with Crippen molar-refractivity contribution in [3.63, 3.8) is 0 Å². The summed E-state index contributed by atoms with van der Waals surface area (Å²) in [6.07, 6.45) is 3.91. The van der Waals surface area contributed by atoms with Crippen molar-refractivity contribution >= 4 is 11.6 Å². The van der Waals surface area contributed by atoms with Gasteiger partial charge < -0.3 is 4.90 Å². The second-order valence-corrected chi connectivity index (χ2v) is 5.19. The zero-order valence-corrected chi connectivity index (χ0v) is 11.8. The predicted molar refractivity (Wildman–Crippen MR) is 75.3 cm³/mol. The van der Waals surface area contributed by atoms with E-state index in [2.05, 4.69) is 15.0 Å². The van der Waals surface area contributed by atoms with E-state index in [4.69, 9.17) is 0 Å². The van der Waals surface area contributed by atoms with Crippen LogP contribution in [0.1, 0.15) is 30.8 Å². The summed E-state index contributed by atoms with van der Waals surface area (Å²) in [4.78, 5) is 25.9. The average Bonchev–Trinajstić information content (AvgIpc) is 3.21. The molecule has 0 spiro atoms. The molecule has 3 rings (SSSR count). The van der Waals surface area contributed by atoms with E-state index in [-0.39, 0.29) is 17.9 Å². The van der Waals surface area contributed by atoms with Crippen LogP contribution in [0.3, 0.4) is 0 Å². The highest BCUT2D eigenvalue weighted by Gasteiger charge is 2.46. The summed E-state index contributed by atoms with van der Waals surface area (Å²) < 4.78 is 12.9. The maximum atomic E-state index is 12.9. The van der Waals surface area contributed by atoms with Crippen molar-refractivity contribution in [3.05, 3.63) is 48.1 Å². The van der Waals surface area contributed by atoms with Crippen molar-refractivity contribution in [2.45, 2.75) is 32.2 Å². The molecule has 1 fully saturated rings. The van der Waals surface area contributed by atoms with Crippen molar-refractivity contribution < 1.29 is 9.18 Å². The van der Waals surface area contributed by atoms with E-state index in [1.54, 1.807) is 17.2 Å². The lowest BCUT2D eigenvalue weighted by molar-refractivity contribution is -0.116. The van der Waals surface area contributed by atoms with Gasteiger partial charge in [-0.15, -0.1) is 0 Å². The number of pyridine rings is 1. The first-order valence-corrected chi connectivity index (χ1v) is 6.77. The highest BCUT2D eigenvalue weighted by atomic mass is 19.1. The molecule has 0 bridgehead atoms. The number of nitrogens with zero attached hydrogens (tertiary/aromatic N) is 4. The Morgan fingerprint density at radius 1 is 1.33 bits per heavy atom. The van der Waals surface area contributed by atoms with E-state index in [1.807, 2.05) is 13.0 Å². The summed E-state index contributed by atoms with van der Waals surface area (Å²) in [5, 5.41) is 0. The molecule has 108 valence electrons. The lowest BCUT2D eigenvalue weighted by Gasteiger charge is -2.21. The maximum absolute atomic E-state index is 12.9. The Balaban J connectivity index is 1.84. The van der Waals surface area contributed by atoms with E-state index in [1.165, 1.54) is 19.2 Å². The summed E-state index contributed by atoms with van der Waals surface area (Å²) in [7, 11) is 0. The van der Waals surface area contributed by atoms with Crippen LogP contribution in [-0.4, -0.2) is 26.9 Å². The Bertz CT molecular complexity index is 674. The first kappa shape index (κ1) is 13.6. The van der Waals surface area contributed by atoms with Crippen molar-refractivity contribution in [1.29, 1.82) is 0 Å². The Hall–Kier alpha value is -2.37. The average molecular weight is 286 g/mol. The van der Waals surface area contributed by atoms with Crippen LogP contribution < -0.4 is 4.90 Å². The number of anilines is 1. The Labute approximate surface area is 121 Å². The van der Waals surface area contributed by atoms with Crippen LogP contribution in [0, 0.1) is 12.9 Å². The molecule has 2 heterocycles. The topological polar surface area (TPSA) is 59.0 Å². The van der Waals surface area contributed by atoms with Crippen LogP contribution in [0.2, 0.25) is 0 Å². The number of carbonyl (C=O) groups is 1. The van der Waals surface area contributed by atoms with E-state index < -0.39 is 5.95 Å². The Morgan fingerprint density at radius 3 is 2.76 bits per heavy atom. The second kappa shape index (κ2) is 5.20. The first-order valence-electron chi connectivity index (χ1n) is 6.77. The van der Waals surface area contributed by atoms with Crippen LogP contribution in [0.25, 0.3) is 0 Å². The molecule has 5 nitrogen and oxygen atoms in total. The molecule has 6 heteroatoms. The van der Waals surface area contributed by atoms with E-state index in [9.17, 15) is 9.18 Å². The van der Waals surface area contributed by atoms with E-state index in [0.29, 0.717) is 5.69 Å². The van der Waals surface area contributed by atoms with Crippen molar-refractivity contribution in [2.24, 2.45) is 0 Å². The molecule has 1 amide bonds. The number of aryl methyl sites for hydroxylation is 1. The number of hydrogen-bond donors (Lipinski definition) is 0. The van der Waals surface area contributed by atoms with Crippen molar-refractivity contribution in [3.8, 4) is 0 Å². The minimum atomic E-state index is -0.559. The lowest BCUT2D eigenvalue weighted by Crippen LogP contribution is -2.32. The molecule has 2 unspecified atom stereocenters. The van der Waals surface area contributed by atoms with Gasteiger partial charge >= 0.3 is 0 Å². The smallest absolute Gasteiger partial charge is 0.224 e. The number of halogens is 1. The third-order valence-electron chi connectivity index (χ3n) is 3.56. The highest BCUT2D eigenvalue weighted by molar-refractivity contribution is 5.92. The van der Waals surface area contributed by atoms with Crippen LogP contribution in [-0.2, 0) is 4.79 Å². The molecule has 1 aliphatic rings. The minimum Gasteiger partial charge on any atom is -0.307 e.